The predicted molar refractivity (Wildman–Crippen MR) is 67.1 cm³/mol. The Hall–Kier alpha value is 1.27. The van der Waals surface area contributed by atoms with E-state index in [9.17, 15) is 0 Å². The molecule has 0 aromatic rings. The molecular weight excluding hydrogens is 220 g/mol. The number of unbranched alkanes of at least 4 members (excludes halogenated alkanes) is 5. The van der Waals surface area contributed by atoms with E-state index in [4.69, 9.17) is 0 Å². The maximum atomic E-state index is 2.29. The van der Waals surface area contributed by atoms with E-state index < -0.39 is 0 Å². The van der Waals surface area contributed by atoms with Crippen molar-refractivity contribution in [3.8, 4) is 0 Å². The Bertz CT molecular complexity index is 89.4. The quantitative estimate of drug-likeness (QED) is 0.324. The minimum atomic E-state index is 0. The summed E-state index contributed by atoms with van der Waals surface area (Å²) in [5.41, 5.74) is 1.73. The van der Waals surface area contributed by atoms with Gasteiger partial charge in [0, 0.05) is 0 Å². The van der Waals surface area contributed by atoms with Gasteiger partial charge in [0.1, 0.15) is 0 Å². The third-order valence-corrected chi connectivity index (χ3v) is 4.13. The summed E-state index contributed by atoms with van der Waals surface area (Å²) >= 11 is 0. The van der Waals surface area contributed by atoms with Crippen LogP contribution in [0.4, 0.5) is 0 Å². The normalized spacial score (nSPS) is 10.3. The summed E-state index contributed by atoms with van der Waals surface area (Å²) in [6.07, 6.45) is 8.74. The maximum Gasteiger partial charge on any atom is 2.00 e. The second-order valence-corrected chi connectivity index (χ2v) is 6.70. The van der Waals surface area contributed by atoms with Crippen molar-refractivity contribution in [3.63, 3.8) is 0 Å². The molecule has 82 valence electrons. The molecule has 0 spiro atoms. The number of rotatable bonds is 8. The fraction of sp³-hybridized carbons (Fsp3) is 0.909. The number of halogens is 1. The molecule has 0 N–H and O–H groups in total. The molecule has 0 aliphatic heterocycles. The summed E-state index contributed by atoms with van der Waals surface area (Å²) in [7, 11) is 0.223. The van der Waals surface area contributed by atoms with Gasteiger partial charge in [-0.15, -0.1) is 9.52 Å². The van der Waals surface area contributed by atoms with E-state index in [1.807, 2.05) is 0 Å². The molecule has 0 saturated heterocycles. The van der Waals surface area contributed by atoms with E-state index in [1.165, 1.54) is 38.5 Å². The molecular formula is C11H25ClMgSi. The Balaban J connectivity index is -0.000000605. The molecule has 0 aliphatic carbocycles. The molecule has 0 fully saturated rings. The average Bonchev–Trinajstić information content (AvgIpc) is 2.02. The maximum absolute atomic E-state index is 2.29. The van der Waals surface area contributed by atoms with Gasteiger partial charge in [0.25, 0.3) is 0 Å². The van der Waals surface area contributed by atoms with Crippen LogP contribution in [-0.4, -0.2) is 32.6 Å². The van der Waals surface area contributed by atoms with Crippen LogP contribution in [0.1, 0.15) is 59.3 Å². The van der Waals surface area contributed by atoms with Gasteiger partial charge in [0.2, 0.25) is 0 Å². The Labute approximate surface area is 115 Å². The molecule has 0 aliphatic rings. The first-order valence-electron chi connectivity index (χ1n) is 5.56. The van der Waals surface area contributed by atoms with Gasteiger partial charge in [-0.05, 0) is 0 Å². The van der Waals surface area contributed by atoms with Crippen LogP contribution in [0.3, 0.4) is 0 Å². The van der Waals surface area contributed by atoms with Crippen LogP contribution in [0, 0.1) is 5.54 Å². The molecule has 0 saturated carbocycles. The first-order chi connectivity index (χ1) is 5.77. The van der Waals surface area contributed by atoms with Gasteiger partial charge in [-0.2, -0.15) is 13.8 Å². The van der Waals surface area contributed by atoms with Crippen molar-refractivity contribution < 1.29 is 12.4 Å². The van der Waals surface area contributed by atoms with Gasteiger partial charge < -0.3 is 17.9 Å². The first-order valence-corrected chi connectivity index (χ1v) is 7.27. The Morgan fingerprint density at radius 1 is 0.929 bits per heavy atom. The molecule has 0 nitrogen and oxygen atoms in total. The molecule has 0 aromatic heterocycles. The molecule has 14 heavy (non-hydrogen) atoms. The summed E-state index contributed by atoms with van der Waals surface area (Å²) < 4.78 is 0. The molecule has 0 aromatic carbocycles. The standard InChI is InChI=1S/C11H25Si.ClH.Mg/c1-4-5-6-7-8-9-10-12-11(2)3;;/h4-10,12H2,1-3H3;1H;/q-1;;+2/p-1. The molecule has 0 heterocycles. The predicted octanol–water partition coefficient (Wildman–Crippen LogP) is 0.129. The summed E-state index contributed by atoms with van der Waals surface area (Å²) in [5.74, 6) is 0. The third-order valence-electron chi connectivity index (χ3n) is 2.28. The van der Waals surface area contributed by atoms with E-state index in [2.05, 4.69) is 20.8 Å². The fourth-order valence-corrected chi connectivity index (χ4v) is 2.75. The molecule has 0 bridgehead atoms. The SMILES string of the molecule is CCCCCCCC[SiH2][C-](C)C.[Cl-].[Mg+2]. The van der Waals surface area contributed by atoms with Crippen molar-refractivity contribution >= 4 is 32.6 Å². The van der Waals surface area contributed by atoms with Crippen LogP contribution in [0.5, 0.6) is 0 Å². The summed E-state index contributed by atoms with van der Waals surface area (Å²) in [6.45, 7) is 6.87. The van der Waals surface area contributed by atoms with Crippen LogP contribution in [0.15, 0.2) is 0 Å². The second-order valence-electron chi connectivity index (χ2n) is 4.08. The van der Waals surface area contributed by atoms with Crippen molar-refractivity contribution in [2.24, 2.45) is 0 Å². The summed E-state index contributed by atoms with van der Waals surface area (Å²) in [6, 6.07) is 1.55. The molecule has 0 amide bonds. The van der Waals surface area contributed by atoms with E-state index in [1.54, 1.807) is 11.6 Å². The van der Waals surface area contributed by atoms with Crippen LogP contribution < -0.4 is 12.4 Å². The largest absolute Gasteiger partial charge is 2.00 e. The molecule has 3 heteroatoms. The van der Waals surface area contributed by atoms with Gasteiger partial charge in [-0.1, -0.05) is 51.5 Å². The van der Waals surface area contributed by atoms with Crippen molar-refractivity contribution in [1.82, 2.24) is 0 Å². The van der Waals surface area contributed by atoms with E-state index >= 15 is 0 Å². The van der Waals surface area contributed by atoms with Gasteiger partial charge in [-0.3, -0.25) is 0 Å². The zero-order valence-electron chi connectivity index (χ0n) is 10.2. The molecule has 0 atom stereocenters. The Morgan fingerprint density at radius 3 is 1.93 bits per heavy atom. The van der Waals surface area contributed by atoms with Gasteiger partial charge in [0.05, 0.1) is 0 Å². The average molecular weight is 245 g/mol. The zero-order valence-corrected chi connectivity index (χ0v) is 13.8. The summed E-state index contributed by atoms with van der Waals surface area (Å²) in [4.78, 5) is 0. The number of hydrogen-bond acceptors (Lipinski definition) is 0. The van der Waals surface area contributed by atoms with E-state index in [0.717, 1.165) is 0 Å². The molecule has 0 radical (unpaired) electrons. The van der Waals surface area contributed by atoms with Crippen molar-refractivity contribution in [2.45, 2.75) is 65.3 Å². The molecule has 0 unspecified atom stereocenters. The first kappa shape index (κ1) is 20.7. The van der Waals surface area contributed by atoms with Gasteiger partial charge in [0.15, 0.2) is 0 Å². The monoisotopic (exact) mass is 244 g/mol. The van der Waals surface area contributed by atoms with Crippen LogP contribution in [-0.2, 0) is 0 Å². The minimum absolute atomic E-state index is 0. The topological polar surface area (TPSA) is 0 Å². The van der Waals surface area contributed by atoms with Crippen molar-refractivity contribution in [1.29, 1.82) is 0 Å². The Kier molecular flexibility index (Phi) is 24.6. The smallest absolute Gasteiger partial charge is 1.00 e. The molecule has 0 rings (SSSR count). The fourth-order valence-electron chi connectivity index (χ4n) is 1.44. The van der Waals surface area contributed by atoms with E-state index in [-0.39, 0.29) is 45.0 Å². The van der Waals surface area contributed by atoms with Gasteiger partial charge in [-0.25, -0.2) is 0 Å². The summed E-state index contributed by atoms with van der Waals surface area (Å²) in [5, 5.41) is 0. The van der Waals surface area contributed by atoms with Crippen molar-refractivity contribution in [3.05, 3.63) is 5.54 Å². The van der Waals surface area contributed by atoms with Crippen LogP contribution in [0.2, 0.25) is 6.04 Å². The van der Waals surface area contributed by atoms with Crippen LogP contribution >= 0.6 is 0 Å². The number of hydrogen-bond donors (Lipinski definition) is 0. The van der Waals surface area contributed by atoms with Crippen molar-refractivity contribution in [2.75, 3.05) is 0 Å². The van der Waals surface area contributed by atoms with E-state index in [0.29, 0.717) is 0 Å². The zero-order chi connectivity index (χ0) is 9.23. The Morgan fingerprint density at radius 2 is 1.43 bits per heavy atom. The van der Waals surface area contributed by atoms with Gasteiger partial charge >= 0.3 is 23.1 Å². The minimum Gasteiger partial charge on any atom is -1.00 e. The third kappa shape index (κ3) is 18.9. The second kappa shape index (κ2) is 16.7. The van der Waals surface area contributed by atoms with Crippen LogP contribution in [0.25, 0.3) is 0 Å².